The lowest BCUT2D eigenvalue weighted by molar-refractivity contribution is 0.0265. The summed E-state index contributed by atoms with van der Waals surface area (Å²) in [6.45, 7) is 10.4. The van der Waals surface area contributed by atoms with Gasteiger partial charge in [0.2, 0.25) is 0 Å². The van der Waals surface area contributed by atoms with E-state index in [1.165, 1.54) is 16.7 Å². The zero-order valence-corrected chi connectivity index (χ0v) is 12.9. The molecule has 0 aliphatic carbocycles. The SMILES string of the molecule is CCc1ccc(C(C)(C)C)cc1CCC(O)C(C)O. The second-order valence-corrected chi connectivity index (χ2v) is 6.43. The molecule has 19 heavy (non-hydrogen) atoms. The van der Waals surface area contributed by atoms with Gasteiger partial charge in [0.15, 0.2) is 0 Å². The fourth-order valence-electron chi connectivity index (χ4n) is 2.21. The summed E-state index contributed by atoms with van der Waals surface area (Å²) in [6.07, 6.45) is 1.14. The molecule has 0 amide bonds. The molecular weight excluding hydrogens is 236 g/mol. The third kappa shape index (κ3) is 4.63. The topological polar surface area (TPSA) is 40.5 Å². The molecule has 0 spiro atoms. The molecule has 0 fully saturated rings. The highest BCUT2D eigenvalue weighted by Crippen LogP contribution is 2.26. The first-order valence-corrected chi connectivity index (χ1v) is 7.24. The zero-order chi connectivity index (χ0) is 14.6. The molecule has 108 valence electrons. The molecule has 0 radical (unpaired) electrons. The first-order valence-electron chi connectivity index (χ1n) is 7.24. The Morgan fingerprint density at radius 3 is 2.21 bits per heavy atom. The van der Waals surface area contributed by atoms with Gasteiger partial charge >= 0.3 is 0 Å². The summed E-state index contributed by atoms with van der Waals surface area (Å²) in [7, 11) is 0. The summed E-state index contributed by atoms with van der Waals surface area (Å²) in [5, 5.41) is 19.1. The van der Waals surface area contributed by atoms with Crippen molar-refractivity contribution in [3.05, 3.63) is 34.9 Å². The largest absolute Gasteiger partial charge is 0.391 e. The molecule has 0 aliphatic heterocycles. The quantitative estimate of drug-likeness (QED) is 0.857. The van der Waals surface area contributed by atoms with Crippen LogP contribution < -0.4 is 0 Å². The number of aryl methyl sites for hydroxylation is 2. The fourth-order valence-corrected chi connectivity index (χ4v) is 2.21. The number of hydrogen-bond acceptors (Lipinski definition) is 2. The van der Waals surface area contributed by atoms with E-state index in [0.717, 1.165) is 12.8 Å². The van der Waals surface area contributed by atoms with Crippen molar-refractivity contribution in [2.45, 2.75) is 71.5 Å². The predicted molar refractivity (Wildman–Crippen MR) is 80.5 cm³/mol. The van der Waals surface area contributed by atoms with E-state index < -0.39 is 12.2 Å². The minimum Gasteiger partial charge on any atom is -0.391 e. The van der Waals surface area contributed by atoms with Crippen molar-refractivity contribution in [2.24, 2.45) is 0 Å². The first kappa shape index (κ1) is 16.2. The van der Waals surface area contributed by atoms with Gasteiger partial charge in [0.25, 0.3) is 0 Å². The van der Waals surface area contributed by atoms with Crippen molar-refractivity contribution in [3.8, 4) is 0 Å². The number of aliphatic hydroxyl groups is 2. The van der Waals surface area contributed by atoms with Crippen LogP contribution in [0.2, 0.25) is 0 Å². The second-order valence-electron chi connectivity index (χ2n) is 6.43. The third-order valence-electron chi connectivity index (χ3n) is 3.72. The van der Waals surface area contributed by atoms with Crippen molar-refractivity contribution in [2.75, 3.05) is 0 Å². The van der Waals surface area contributed by atoms with Gasteiger partial charge in [-0.05, 0) is 48.3 Å². The number of benzene rings is 1. The molecule has 0 saturated carbocycles. The van der Waals surface area contributed by atoms with Gasteiger partial charge in [-0.25, -0.2) is 0 Å². The average molecular weight is 264 g/mol. The Balaban J connectivity index is 2.91. The molecule has 2 N–H and O–H groups in total. The second kappa shape index (κ2) is 6.53. The molecule has 0 saturated heterocycles. The molecule has 0 aliphatic rings. The van der Waals surface area contributed by atoms with E-state index in [4.69, 9.17) is 0 Å². The van der Waals surface area contributed by atoms with Crippen molar-refractivity contribution >= 4 is 0 Å². The Labute approximate surface area is 117 Å². The van der Waals surface area contributed by atoms with Crippen LogP contribution in [-0.2, 0) is 18.3 Å². The molecule has 1 aromatic carbocycles. The predicted octanol–water partition coefficient (Wildman–Crippen LogP) is 3.22. The molecular formula is C17H28O2. The van der Waals surface area contributed by atoms with E-state index in [1.807, 2.05) is 0 Å². The van der Waals surface area contributed by atoms with E-state index in [-0.39, 0.29) is 5.41 Å². The maximum Gasteiger partial charge on any atom is 0.0799 e. The standard InChI is InChI=1S/C17H28O2/c1-6-13-7-9-15(17(3,4)5)11-14(13)8-10-16(19)12(2)18/h7,9,11-12,16,18-19H,6,8,10H2,1-5H3. The molecule has 2 heteroatoms. The highest BCUT2D eigenvalue weighted by molar-refractivity contribution is 5.35. The van der Waals surface area contributed by atoms with E-state index in [1.54, 1.807) is 6.92 Å². The van der Waals surface area contributed by atoms with Crippen LogP contribution >= 0.6 is 0 Å². The van der Waals surface area contributed by atoms with Crippen LogP contribution in [0.15, 0.2) is 18.2 Å². The van der Waals surface area contributed by atoms with Crippen LogP contribution in [0.25, 0.3) is 0 Å². The molecule has 0 bridgehead atoms. The van der Waals surface area contributed by atoms with Crippen molar-refractivity contribution in [3.63, 3.8) is 0 Å². The molecule has 1 rings (SSSR count). The van der Waals surface area contributed by atoms with Gasteiger partial charge in [-0.15, -0.1) is 0 Å². The highest BCUT2D eigenvalue weighted by atomic mass is 16.3. The van der Waals surface area contributed by atoms with Gasteiger partial charge in [-0.3, -0.25) is 0 Å². The summed E-state index contributed by atoms with van der Waals surface area (Å²) >= 11 is 0. The number of aliphatic hydroxyl groups excluding tert-OH is 2. The molecule has 0 heterocycles. The highest BCUT2D eigenvalue weighted by Gasteiger charge is 2.16. The maximum atomic E-state index is 9.73. The van der Waals surface area contributed by atoms with Crippen molar-refractivity contribution < 1.29 is 10.2 Å². The minimum absolute atomic E-state index is 0.143. The van der Waals surface area contributed by atoms with E-state index >= 15 is 0 Å². The average Bonchev–Trinajstić information content (AvgIpc) is 2.34. The smallest absolute Gasteiger partial charge is 0.0799 e. The monoisotopic (exact) mass is 264 g/mol. The Morgan fingerprint density at radius 1 is 1.11 bits per heavy atom. The van der Waals surface area contributed by atoms with Gasteiger partial charge in [-0.2, -0.15) is 0 Å². The molecule has 0 aromatic heterocycles. The summed E-state index contributed by atoms with van der Waals surface area (Å²) in [5.74, 6) is 0. The van der Waals surface area contributed by atoms with Crippen LogP contribution in [0.3, 0.4) is 0 Å². The van der Waals surface area contributed by atoms with Gasteiger partial charge < -0.3 is 10.2 Å². The van der Waals surface area contributed by atoms with Gasteiger partial charge in [0.05, 0.1) is 12.2 Å². The molecule has 2 nitrogen and oxygen atoms in total. The summed E-state index contributed by atoms with van der Waals surface area (Å²) in [6, 6.07) is 6.66. The van der Waals surface area contributed by atoms with Crippen molar-refractivity contribution in [1.29, 1.82) is 0 Å². The fraction of sp³-hybridized carbons (Fsp3) is 0.647. The Morgan fingerprint density at radius 2 is 1.74 bits per heavy atom. The minimum atomic E-state index is -0.657. The van der Waals surface area contributed by atoms with Crippen LogP contribution in [0.1, 0.15) is 57.7 Å². The van der Waals surface area contributed by atoms with E-state index in [2.05, 4.69) is 45.9 Å². The Bertz CT molecular complexity index is 402. The van der Waals surface area contributed by atoms with E-state index in [9.17, 15) is 10.2 Å². The summed E-state index contributed by atoms with van der Waals surface area (Å²) in [4.78, 5) is 0. The van der Waals surface area contributed by atoms with Gasteiger partial charge in [0, 0.05) is 0 Å². The van der Waals surface area contributed by atoms with Crippen LogP contribution in [-0.4, -0.2) is 22.4 Å². The zero-order valence-electron chi connectivity index (χ0n) is 12.9. The lowest BCUT2D eigenvalue weighted by Crippen LogP contribution is -2.23. The van der Waals surface area contributed by atoms with Gasteiger partial charge in [0.1, 0.15) is 0 Å². The normalized spacial score (nSPS) is 15.3. The Kier molecular flexibility index (Phi) is 5.57. The number of rotatable bonds is 5. The molecule has 2 unspecified atom stereocenters. The maximum absolute atomic E-state index is 9.73. The number of hydrogen-bond donors (Lipinski definition) is 2. The van der Waals surface area contributed by atoms with Crippen LogP contribution in [0.4, 0.5) is 0 Å². The van der Waals surface area contributed by atoms with Crippen molar-refractivity contribution in [1.82, 2.24) is 0 Å². The summed E-state index contributed by atoms with van der Waals surface area (Å²) in [5.41, 5.74) is 4.11. The van der Waals surface area contributed by atoms with Gasteiger partial charge in [-0.1, -0.05) is 45.9 Å². The first-order chi connectivity index (χ1) is 8.75. The van der Waals surface area contributed by atoms with Crippen LogP contribution in [0.5, 0.6) is 0 Å². The molecule has 2 atom stereocenters. The lowest BCUT2D eigenvalue weighted by atomic mass is 9.84. The summed E-state index contributed by atoms with van der Waals surface area (Å²) < 4.78 is 0. The van der Waals surface area contributed by atoms with Crippen LogP contribution in [0, 0.1) is 0 Å². The molecule has 1 aromatic rings. The lowest BCUT2D eigenvalue weighted by Gasteiger charge is -2.22. The Hall–Kier alpha value is -0.860. The van der Waals surface area contributed by atoms with E-state index in [0.29, 0.717) is 6.42 Å². The third-order valence-corrected chi connectivity index (χ3v) is 3.72.